The van der Waals surface area contributed by atoms with E-state index in [1.807, 2.05) is 13.8 Å². The fourth-order valence-corrected chi connectivity index (χ4v) is 7.36. The van der Waals surface area contributed by atoms with Gasteiger partial charge >= 0.3 is 5.97 Å². The summed E-state index contributed by atoms with van der Waals surface area (Å²) in [6.45, 7) is 4.20. The third-order valence-electron chi connectivity index (χ3n) is 4.98. The molecule has 3 heterocycles. The van der Waals surface area contributed by atoms with Crippen LogP contribution >= 0.6 is 34.3 Å². The molecule has 2 aromatic heterocycles. The van der Waals surface area contributed by atoms with Crippen molar-refractivity contribution >= 4 is 61.2 Å². The predicted octanol–water partition coefficient (Wildman–Crippen LogP) is 3.91. The van der Waals surface area contributed by atoms with Gasteiger partial charge in [0, 0.05) is 23.9 Å². The Labute approximate surface area is 182 Å². The van der Waals surface area contributed by atoms with Gasteiger partial charge in [-0.3, -0.25) is 4.79 Å². The third-order valence-corrected chi connectivity index (χ3v) is 9.70. The maximum atomic E-state index is 12.7. The Kier molecular flexibility index (Phi) is 6.69. The number of rotatable bonds is 5. The van der Waals surface area contributed by atoms with E-state index in [1.54, 1.807) is 6.07 Å². The van der Waals surface area contributed by atoms with Crippen molar-refractivity contribution in [3.8, 4) is 0 Å². The zero-order valence-corrected chi connectivity index (χ0v) is 19.4. The van der Waals surface area contributed by atoms with Crippen molar-refractivity contribution in [1.29, 1.82) is 0 Å². The first-order chi connectivity index (χ1) is 13.6. The van der Waals surface area contributed by atoms with E-state index in [0.717, 1.165) is 21.8 Å². The van der Waals surface area contributed by atoms with E-state index in [-0.39, 0.29) is 29.1 Å². The van der Waals surface area contributed by atoms with Crippen LogP contribution in [0.4, 0.5) is 5.00 Å². The highest BCUT2D eigenvalue weighted by molar-refractivity contribution is 7.91. The maximum absolute atomic E-state index is 12.7. The highest BCUT2D eigenvalue weighted by Crippen LogP contribution is 2.34. The van der Waals surface area contributed by atoms with Crippen molar-refractivity contribution in [2.45, 2.75) is 30.9 Å². The molecule has 0 atom stereocenters. The molecule has 7 nitrogen and oxygen atoms in total. The summed E-state index contributed by atoms with van der Waals surface area (Å²) in [5, 5.41) is 3.31. The van der Waals surface area contributed by atoms with Crippen molar-refractivity contribution < 1.29 is 22.7 Å². The van der Waals surface area contributed by atoms with E-state index in [9.17, 15) is 18.0 Å². The number of carbonyl (C=O) groups excluding carboxylic acids is 2. The van der Waals surface area contributed by atoms with Gasteiger partial charge in [-0.2, -0.15) is 4.31 Å². The molecule has 1 amide bonds. The average molecular weight is 477 g/mol. The topological polar surface area (TPSA) is 92.8 Å². The van der Waals surface area contributed by atoms with Gasteiger partial charge in [0.1, 0.15) is 9.21 Å². The molecular formula is C18H21ClN2O5S3. The summed E-state index contributed by atoms with van der Waals surface area (Å²) in [4.78, 5) is 25.7. The molecule has 0 bridgehead atoms. The number of ether oxygens (including phenoxy) is 1. The third kappa shape index (κ3) is 4.51. The maximum Gasteiger partial charge on any atom is 0.341 e. The summed E-state index contributed by atoms with van der Waals surface area (Å²) in [5.74, 6) is -1.04. The number of sulfonamides is 1. The summed E-state index contributed by atoms with van der Waals surface area (Å²) in [7, 11) is -2.29. The fraction of sp³-hybridized carbons (Fsp3) is 0.444. The van der Waals surface area contributed by atoms with Crippen molar-refractivity contribution in [1.82, 2.24) is 4.31 Å². The standard InChI is InChI=1S/C18H21ClN2O5S3/c1-10-11(2)27-17(15(10)18(23)26-3)20-16(22)12-6-8-21(9-7-12)29(24,25)14-5-4-13(19)28-14/h4-5,12H,6-9H2,1-3H3,(H,20,22). The van der Waals surface area contributed by atoms with Crippen LogP contribution in [0.15, 0.2) is 16.3 Å². The Morgan fingerprint density at radius 3 is 2.41 bits per heavy atom. The first-order valence-electron chi connectivity index (χ1n) is 8.89. The summed E-state index contributed by atoms with van der Waals surface area (Å²) in [6, 6.07) is 3.06. The smallest absolute Gasteiger partial charge is 0.341 e. The number of halogens is 1. The fourth-order valence-electron chi connectivity index (χ4n) is 3.20. The first kappa shape index (κ1) is 22.2. The molecule has 0 saturated carbocycles. The number of aryl methyl sites for hydroxylation is 1. The van der Waals surface area contributed by atoms with Crippen LogP contribution in [0.5, 0.6) is 0 Å². The van der Waals surface area contributed by atoms with Crippen LogP contribution in [0.1, 0.15) is 33.6 Å². The van der Waals surface area contributed by atoms with Gasteiger partial charge in [-0.15, -0.1) is 22.7 Å². The molecule has 0 radical (unpaired) electrons. The predicted molar refractivity (Wildman–Crippen MR) is 115 cm³/mol. The Morgan fingerprint density at radius 1 is 1.21 bits per heavy atom. The molecule has 158 valence electrons. The minimum atomic E-state index is -3.60. The van der Waals surface area contributed by atoms with Gasteiger partial charge in [-0.25, -0.2) is 13.2 Å². The van der Waals surface area contributed by atoms with Gasteiger partial charge in [0.25, 0.3) is 10.0 Å². The van der Waals surface area contributed by atoms with E-state index in [1.165, 1.54) is 28.8 Å². The number of carbonyl (C=O) groups is 2. The van der Waals surface area contributed by atoms with Crippen LogP contribution in [0.25, 0.3) is 0 Å². The van der Waals surface area contributed by atoms with Crippen LogP contribution in [-0.2, 0) is 19.6 Å². The van der Waals surface area contributed by atoms with Gasteiger partial charge in [0.05, 0.1) is 17.0 Å². The Balaban J connectivity index is 1.67. The second-order valence-electron chi connectivity index (χ2n) is 6.71. The Hall–Kier alpha value is -1.46. The van der Waals surface area contributed by atoms with Crippen LogP contribution in [0.2, 0.25) is 4.34 Å². The van der Waals surface area contributed by atoms with Crippen LogP contribution in [-0.4, -0.2) is 44.8 Å². The lowest BCUT2D eigenvalue weighted by Gasteiger charge is -2.30. The number of hydrogen-bond acceptors (Lipinski definition) is 7. The quantitative estimate of drug-likeness (QED) is 0.660. The molecule has 1 saturated heterocycles. The number of nitrogens with zero attached hydrogens (tertiary/aromatic N) is 1. The molecule has 1 fully saturated rings. The molecule has 0 aromatic carbocycles. The van der Waals surface area contributed by atoms with Gasteiger partial charge < -0.3 is 10.1 Å². The number of esters is 1. The minimum absolute atomic E-state index is 0.206. The Bertz CT molecular complexity index is 1040. The van der Waals surface area contributed by atoms with Crippen LogP contribution in [0, 0.1) is 19.8 Å². The lowest BCUT2D eigenvalue weighted by molar-refractivity contribution is -0.120. The highest BCUT2D eigenvalue weighted by Gasteiger charge is 2.33. The van der Waals surface area contributed by atoms with Crippen molar-refractivity contribution in [2.75, 3.05) is 25.5 Å². The second kappa shape index (κ2) is 8.73. The van der Waals surface area contributed by atoms with E-state index >= 15 is 0 Å². The summed E-state index contributed by atoms with van der Waals surface area (Å²) >= 11 is 8.21. The van der Waals surface area contributed by atoms with E-state index in [0.29, 0.717) is 27.7 Å². The van der Waals surface area contributed by atoms with E-state index in [2.05, 4.69) is 5.32 Å². The van der Waals surface area contributed by atoms with Crippen LogP contribution in [0.3, 0.4) is 0 Å². The molecule has 1 aliphatic heterocycles. The molecule has 0 aliphatic carbocycles. The zero-order valence-electron chi connectivity index (χ0n) is 16.2. The Morgan fingerprint density at radius 2 is 1.86 bits per heavy atom. The molecule has 0 unspecified atom stereocenters. The van der Waals surface area contributed by atoms with Crippen molar-refractivity contribution in [2.24, 2.45) is 5.92 Å². The van der Waals surface area contributed by atoms with E-state index in [4.69, 9.17) is 16.3 Å². The number of hydrogen-bond donors (Lipinski definition) is 1. The molecule has 29 heavy (non-hydrogen) atoms. The normalized spacial score (nSPS) is 16.0. The van der Waals surface area contributed by atoms with Gasteiger partial charge in [0.15, 0.2) is 0 Å². The summed E-state index contributed by atoms with van der Waals surface area (Å²) < 4.78 is 32.2. The van der Waals surface area contributed by atoms with E-state index < -0.39 is 16.0 Å². The summed E-state index contributed by atoms with van der Waals surface area (Å²) in [6.07, 6.45) is 0.808. The lowest BCUT2D eigenvalue weighted by Crippen LogP contribution is -2.41. The molecule has 3 rings (SSSR count). The van der Waals surface area contributed by atoms with Gasteiger partial charge in [-0.1, -0.05) is 11.6 Å². The SMILES string of the molecule is COC(=O)c1c(NC(=O)C2CCN(S(=O)(=O)c3ccc(Cl)s3)CC2)sc(C)c1C. The first-order valence-corrected chi connectivity index (χ1v) is 12.3. The van der Waals surface area contributed by atoms with Gasteiger partial charge in [0.2, 0.25) is 5.91 Å². The number of nitrogens with one attached hydrogen (secondary N) is 1. The largest absolute Gasteiger partial charge is 0.465 e. The summed E-state index contributed by atoms with van der Waals surface area (Å²) in [5.41, 5.74) is 1.16. The zero-order chi connectivity index (χ0) is 21.3. The van der Waals surface area contributed by atoms with Crippen molar-refractivity contribution in [3.63, 3.8) is 0 Å². The molecule has 11 heteroatoms. The monoisotopic (exact) mass is 476 g/mol. The molecular weight excluding hydrogens is 456 g/mol. The van der Waals surface area contributed by atoms with Crippen LogP contribution < -0.4 is 5.32 Å². The molecule has 2 aromatic rings. The average Bonchev–Trinajstić information content (AvgIpc) is 3.25. The number of thiophene rings is 2. The number of piperidine rings is 1. The molecule has 1 N–H and O–H groups in total. The highest BCUT2D eigenvalue weighted by atomic mass is 35.5. The molecule has 1 aliphatic rings. The van der Waals surface area contributed by atoms with Crippen molar-refractivity contribution in [3.05, 3.63) is 32.5 Å². The number of methoxy groups -OCH3 is 1. The lowest BCUT2D eigenvalue weighted by atomic mass is 9.97. The minimum Gasteiger partial charge on any atom is -0.465 e. The second-order valence-corrected chi connectivity index (χ2v) is 11.8. The van der Waals surface area contributed by atoms with Gasteiger partial charge in [-0.05, 0) is 44.4 Å². The molecule has 0 spiro atoms. The number of anilines is 1. The number of amides is 1.